The summed E-state index contributed by atoms with van der Waals surface area (Å²) in [4.78, 5) is 43.2. The van der Waals surface area contributed by atoms with Crippen molar-refractivity contribution in [3.63, 3.8) is 0 Å². The van der Waals surface area contributed by atoms with E-state index in [2.05, 4.69) is 6.08 Å². The highest BCUT2D eigenvalue weighted by Gasteiger charge is 2.41. The Hall–Kier alpha value is -3.47. The van der Waals surface area contributed by atoms with Crippen molar-refractivity contribution in [3.8, 4) is 0 Å². The van der Waals surface area contributed by atoms with Crippen molar-refractivity contribution >= 4 is 28.9 Å². The topological polar surface area (TPSA) is 57.7 Å². The van der Waals surface area contributed by atoms with E-state index in [1.165, 1.54) is 0 Å². The van der Waals surface area contributed by atoms with Crippen LogP contribution in [0.25, 0.3) is 11.1 Å². The molecule has 1 atom stereocenters. The largest absolute Gasteiger partial charge is 0.315 e. The number of hydrogen-bond acceptors (Lipinski definition) is 3. The van der Waals surface area contributed by atoms with Gasteiger partial charge in [-0.15, -0.1) is 0 Å². The first-order valence-corrected chi connectivity index (χ1v) is 11.4. The van der Waals surface area contributed by atoms with E-state index in [1.54, 1.807) is 0 Å². The number of amides is 3. The first kappa shape index (κ1) is 20.4. The SMILES string of the molecule is O=C(CN1C(=O)C(c2ccccc2)=C(c2ccccc2)C1=O)N1CCCC2CCCC=C21. The zero-order chi connectivity index (χ0) is 22.1. The van der Waals surface area contributed by atoms with Crippen molar-refractivity contribution < 1.29 is 14.4 Å². The molecule has 1 unspecified atom stereocenters. The number of rotatable bonds is 4. The molecule has 3 amide bonds. The quantitative estimate of drug-likeness (QED) is 0.686. The molecule has 3 aliphatic rings. The van der Waals surface area contributed by atoms with Gasteiger partial charge in [0.1, 0.15) is 6.54 Å². The molecule has 0 aromatic heterocycles. The van der Waals surface area contributed by atoms with Gasteiger partial charge in [0.15, 0.2) is 0 Å². The number of nitrogens with zero attached hydrogens (tertiary/aromatic N) is 2. The van der Waals surface area contributed by atoms with Gasteiger partial charge in [0, 0.05) is 12.2 Å². The average Bonchev–Trinajstić information content (AvgIpc) is 3.09. The highest BCUT2D eigenvalue weighted by atomic mass is 16.2. The first-order chi connectivity index (χ1) is 15.6. The summed E-state index contributed by atoms with van der Waals surface area (Å²) in [7, 11) is 0. The van der Waals surface area contributed by atoms with Crippen molar-refractivity contribution in [2.75, 3.05) is 13.1 Å². The van der Waals surface area contributed by atoms with Crippen molar-refractivity contribution in [3.05, 3.63) is 83.6 Å². The van der Waals surface area contributed by atoms with Gasteiger partial charge in [0.05, 0.1) is 11.1 Å². The Bertz CT molecular complexity index is 1060. The lowest BCUT2D eigenvalue weighted by Crippen LogP contribution is -2.46. The molecule has 0 bridgehead atoms. The Morgan fingerprint density at radius 2 is 1.38 bits per heavy atom. The lowest BCUT2D eigenvalue weighted by atomic mass is 9.85. The number of carbonyl (C=O) groups excluding carboxylic acids is 3. The summed E-state index contributed by atoms with van der Waals surface area (Å²) in [5.74, 6) is -0.560. The van der Waals surface area contributed by atoms with Crippen molar-refractivity contribution in [1.29, 1.82) is 0 Å². The number of hydrogen-bond donors (Lipinski definition) is 0. The van der Waals surface area contributed by atoms with Crippen LogP contribution in [0.3, 0.4) is 0 Å². The van der Waals surface area contributed by atoms with E-state index in [0.717, 1.165) is 42.7 Å². The molecule has 1 saturated heterocycles. The molecule has 0 saturated carbocycles. The molecule has 2 aromatic carbocycles. The second-order valence-corrected chi connectivity index (χ2v) is 8.62. The molecule has 0 spiro atoms. The summed E-state index contributed by atoms with van der Waals surface area (Å²) < 4.78 is 0. The zero-order valence-corrected chi connectivity index (χ0v) is 18.0. The second kappa shape index (κ2) is 8.58. The molecule has 0 N–H and O–H groups in total. The number of piperidine rings is 1. The van der Waals surface area contributed by atoms with Crippen LogP contribution in [0.5, 0.6) is 0 Å². The van der Waals surface area contributed by atoms with Crippen LogP contribution in [0.1, 0.15) is 43.2 Å². The highest BCUT2D eigenvalue weighted by molar-refractivity contribution is 6.49. The summed E-state index contributed by atoms with van der Waals surface area (Å²) in [5, 5.41) is 0. The van der Waals surface area contributed by atoms with Gasteiger partial charge in [-0.2, -0.15) is 0 Å². The van der Waals surface area contributed by atoms with Crippen LogP contribution in [0.2, 0.25) is 0 Å². The molecule has 1 aliphatic carbocycles. The second-order valence-electron chi connectivity index (χ2n) is 8.62. The van der Waals surface area contributed by atoms with E-state index in [-0.39, 0.29) is 12.5 Å². The van der Waals surface area contributed by atoms with E-state index in [1.807, 2.05) is 65.6 Å². The number of allylic oxidation sites excluding steroid dienone is 2. The Balaban J connectivity index is 1.46. The fourth-order valence-corrected chi connectivity index (χ4v) is 5.13. The minimum Gasteiger partial charge on any atom is -0.315 e. The Kier molecular flexibility index (Phi) is 5.48. The summed E-state index contributed by atoms with van der Waals surface area (Å²) in [6.07, 6.45) is 7.48. The lowest BCUT2D eigenvalue weighted by molar-refractivity contribution is -0.143. The standard InChI is InChI=1S/C27H26N2O3/c30-23(28-17-9-15-19-10-7-8-16-22(19)28)18-29-26(31)24(20-11-3-1-4-12-20)25(27(29)32)21-13-5-2-6-14-21/h1-6,11-14,16,19H,7-10,15,17-18H2. The van der Waals surface area contributed by atoms with Gasteiger partial charge in [-0.3, -0.25) is 19.3 Å². The smallest absolute Gasteiger partial charge is 0.262 e. The average molecular weight is 427 g/mol. The molecular weight excluding hydrogens is 400 g/mol. The molecule has 2 aliphatic heterocycles. The molecule has 2 aromatic rings. The molecule has 5 rings (SSSR count). The van der Waals surface area contributed by atoms with E-state index in [9.17, 15) is 14.4 Å². The maximum atomic E-state index is 13.5. The van der Waals surface area contributed by atoms with Gasteiger partial charge in [-0.05, 0) is 49.1 Å². The van der Waals surface area contributed by atoms with E-state index < -0.39 is 11.8 Å². The third-order valence-electron chi connectivity index (χ3n) is 6.66. The minimum atomic E-state index is -0.403. The van der Waals surface area contributed by atoms with Crippen LogP contribution < -0.4 is 0 Å². The number of carbonyl (C=O) groups is 3. The van der Waals surface area contributed by atoms with Crippen LogP contribution in [0.4, 0.5) is 0 Å². The summed E-state index contributed by atoms with van der Waals surface area (Å²) in [5.41, 5.74) is 3.19. The maximum absolute atomic E-state index is 13.5. The van der Waals surface area contributed by atoms with Crippen LogP contribution in [-0.2, 0) is 14.4 Å². The van der Waals surface area contributed by atoms with Crippen LogP contribution in [0.15, 0.2) is 72.4 Å². The van der Waals surface area contributed by atoms with Gasteiger partial charge in [-0.25, -0.2) is 0 Å². The van der Waals surface area contributed by atoms with Crippen LogP contribution in [-0.4, -0.2) is 40.6 Å². The third kappa shape index (κ3) is 3.58. The van der Waals surface area contributed by atoms with Gasteiger partial charge in [0.2, 0.25) is 5.91 Å². The monoisotopic (exact) mass is 426 g/mol. The fraction of sp³-hybridized carbons (Fsp3) is 0.296. The molecule has 0 radical (unpaired) electrons. The van der Waals surface area contributed by atoms with E-state index in [4.69, 9.17) is 0 Å². The Labute approximate surface area is 188 Å². The van der Waals surface area contributed by atoms with Gasteiger partial charge in [-0.1, -0.05) is 66.7 Å². The Morgan fingerprint density at radius 1 is 0.812 bits per heavy atom. The fourth-order valence-electron chi connectivity index (χ4n) is 5.13. The number of fused-ring (bicyclic) bond motifs is 1. The van der Waals surface area contributed by atoms with Gasteiger partial charge >= 0.3 is 0 Å². The van der Waals surface area contributed by atoms with Crippen molar-refractivity contribution in [2.24, 2.45) is 5.92 Å². The number of likely N-dealkylation sites (tertiary alicyclic amines) is 1. The van der Waals surface area contributed by atoms with E-state index >= 15 is 0 Å². The van der Waals surface area contributed by atoms with Gasteiger partial charge < -0.3 is 4.90 Å². The number of imide groups is 1. The molecule has 162 valence electrons. The van der Waals surface area contributed by atoms with Crippen LogP contribution in [0, 0.1) is 5.92 Å². The van der Waals surface area contributed by atoms with Crippen LogP contribution >= 0.6 is 0 Å². The first-order valence-electron chi connectivity index (χ1n) is 11.4. The predicted octanol–water partition coefficient (Wildman–Crippen LogP) is 4.27. The molecule has 2 heterocycles. The summed E-state index contributed by atoms with van der Waals surface area (Å²) in [6, 6.07) is 18.5. The summed E-state index contributed by atoms with van der Waals surface area (Å²) in [6.45, 7) is 0.427. The predicted molar refractivity (Wildman–Crippen MR) is 123 cm³/mol. The van der Waals surface area contributed by atoms with E-state index in [0.29, 0.717) is 34.7 Å². The third-order valence-corrected chi connectivity index (χ3v) is 6.66. The molecular formula is C27H26N2O3. The zero-order valence-electron chi connectivity index (χ0n) is 18.0. The van der Waals surface area contributed by atoms with Crippen molar-refractivity contribution in [1.82, 2.24) is 9.80 Å². The van der Waals surface area contributed by atoms with Crippen molar-refractivity contribution in [2.45, 2.75) is 32.1 Å². The Morgan fingerprint density at radius 3 is 1.97 bits per heavy atom. The molecule has 5 nitrogen and oxygen atoms in total. The summed E-state index contributed by atoms with van der Waals surface area (Å²) >= 11 is 0. The molecule has 1 fully saturated rings. The normalized spacial score (nSPS) is 21.0. The maximum Gasteiger partial charge on any atom is 0.262 e. The molecule has 5 heteroatoms. The molecule has 32 heavy (non-hydrogen) atoms. The van der Waals surface area contributed by atoms with Gasteiger partial charge in [0.25, 0.3) is 11.8 Å². The lowest BCUT2D eigenvalue weighted by Gasteiger charge is -2.38. The number of benzene rings is 2. The minimum absolute atomic E-state index is 0.175. The highest BCUT2D eigenvalue weighted by Crippen LogP contribution is 2.37.